The number of halogens is 4. The number of nitrogens with two attached hydrogens (primary N) is 1. The number of aromatic nitrogens is 3. The molecule has 1 aromatic carbocycles. The van der Waals surface area contributed by atoms with Crippen LogP contribution >= 0.6 is 12.4 Å². The molecule has 0 bridgehead atoms. The van der Waals surface area contributed by atoms with E-state index < -0.39 is 17.5 Å². The molecule has 1 heterocycles. The molecule has 1 saturated carbocycles. The highest BCUT2D eigenvalue weighted by molar-refractivity contribution is 5.85. The van der Waals surface area contributed by atoms with Crippen molar-refractivity contribution >= 4 is 12.4 Å². The van der Waals surface area contributed by atoms with Gasteiger partial charge in [0.1, 0.15) is 5.82 Å². The van der Waals surface area contributed by atoms with Crippen molar-refractivity contribution in [3.8, 4) is 0 Å². The van der Waals surface area contributed by atoms with Crippen molar-refractivity contribution in [1.29, 1.82) is 0 Å². The first kappa shape index (κ1) is 20.7. The fraction of sp³-hybridized carbons (Fsp3) is 0.556. The van der Waals surface area contributed by atoms with Gasteiger partial charge in [-0.3, -0.25) is 4.68 Å². The Bertz CT molecular complexity index is 716. The molecule has 0 amide bonds. The van der Waals surface area contributed by atoms with Gasteiger partial charge in [-0.05, 0) is 37.3 Å². The Hall–Kier alpha value is -1.60. The second kappa shape index (κ2) is 9.37. The van der Waals surface area contributed by atoms with Crippen LogP contribution in [-0.2, 0) is 13.0 Å². The van der Waals surface area contributed by atoms with Gasteiger partial charge in [0, 0.05) is 30.8 Å². The third-order valence-electron chi connectivity index (χ3n) is 4.88. The number of hydrogen-bond donors (Lipinski definition) is 1. The summed E-state index contributed by atoms with van der Waals surface area (Å²) in [7, 11) is 0. The van der Waals surface area contributed by atoms with Gasteiger partial charge in [0.15, 0.2) is 11.6 Å². The molecule has 8 heteroatoms. The van der Waals surface area contributed by atoms with E-state index in [1.165, 1.54) is 19.3 Å². The first-order valence-corrected chi connectivity index (χ1v) is 8.82. The van der Waals surface area contributed by atoms with E-state index in [1.807, 2.05) is 6.20 Å². The van der Waals surface area contributed by atoms with E-state index in [-0.39, 0.29) is 30.4 Å². The molecule has 0 unspecified atom stereocenters. The maximum absolute atomic E-state index is 13.7. The summed E-state index contributed by atoms with van der Waals surface area (Å²) in [6.07, 6.45) is 8.74. The van der Waals surface area contributed by atoms with Crippen LogP contribution in [0, 0.1) is 17.5 Å². The SMILES string of the molecule is Cl.N[C@@H](CCn1cc(C2CCCCC2)nn1)Cc1cc(F)c(F)cc1F. The standard InChI is InChI=1S/C18H23F3N4.ClH/c19-15-10-17(21)16(20)9-13(15)8-14(22)6-7-25-11-18(23-24-25)12-4-2-1-3-5-12;/h9-12,14H,1-8,22H2;1H/t14-;/m0./s1. The molecule has 0 radical (unpaired) electrons. The van der Waals surface area contributed by atoms with Gasteiger partial charge >= 0.3 is 0 Å². The molecular formula is C18H24ClF3N4. The molecule has 3 rings (SSSR count). The maximum atomic E-state index is 13.7. The van der Waals surface area contributed by atoms with Crippen LogP contribution in [0.3, 0.4) is 0 Å². The summed E-state index contributed by atoms with van der Waals surface area (Å²) < 4.78 is 41.6. The normalized spacial score (nSPS) is 16.3. The monoisotopic (exact) mass is 388 g/mol. The van der Waals surface area contributed by atoms with E-state index in [0.29, 0.717) is 24.9 Å². The maximum Gasteiger partial charge on any atom is 0.161 e. The number of benzene rings is 1. The number of nitrogens with zero attached hydrogens (tertiary/aromatic N) is 3. The lowest BCUT2D eigenvalue weighted by molar-refractivity contribution is 0.436. The van der Waals surface area contributed by atoms with Gasteiger partial charge < -0.3 is 5.73 Å². The van der Waals surface area contributed by atoms with Gasteiger partial charge in [-0.15, -0.1) is 17.5 Å². The van der Waals surface area contributed by atoms with Crippen molar-refractivity contribution in [2.24, 2.45) is 5.73 Å². The van der Waals surface area contributed by atoms with Crippen LogP contribution < -0.4 is 5.73 Å². The Morgan fingerprint density at radius 1 is 1.08 bits per heavy atom. The topological polar surface area (TPSA) is 56.7 Å². The Morgan fingerprint density at radius 3 is 2.50 bits per heavy atom. The van der Waals surface area contributed by atoms with E-state index in [1.54, 1.807) is 4.68 Å². The minimum absolute atomic E-state index is 0. The predicted octanol–water partition coefficient (Wildman–Crippen LogP) is 4.13. The smallest absolute Gasteiger partial charge is 0.161 e. The van der Waals surface area contributed by atoms with Crippen molar-refractivity contribution < 1.29 is 13.2 Å². The average molecular weight is 389 g/mol. The second-order valence-electron chi connectivity index (χ2n) is 6.85. The highest BCUT2D eigenvalue weighted by Crippen LogP contribution is 2.31. The summed E-state index contributed by atoms with van der Waals surface area (Å²) >= 11 is 0. The zero-order valence-electron chi connectivity index (χ0n) is 14.5. The van der Waals surface area contributed by atoms with E-state index in [2.05, 4.69) is 10.3 Å². The van der Waals surface area contributed by atoms with Crippen LogP contribution in [0.15, 0.2) is 18.3 Å². The summed E-state index contributed by atoms with van der Waals surface area (Å²) in [6.45, 7) is 0.562. The molecule has 0 aliphatic heterocycles. The lowest BCUT2D eigenvalue weighted by atomic mass is 9.87. The first-order valence-electron chi connectivity index (χ1n) is 8.82. The minimum Gasteiger partial charge on any atom is -0.327 e. The van der Waals surface area contributed by atoms with E-state index in [0.717, 1.165) is 24.6 Å². The molecule has 1 fully saturated rings. The predicted molar refractivity (Wildman–Crippen MR) is 95.7 cm³/mol. The van der Waals surface area contributed by atoms with Gasteiger partial charge in [-0.2, -0.15) is 0 Å². The van der Waals surface area contributed by atoms with Crippen LogP contribution in [0.2, 0.25) is 0 Å². The molecule has 26 heavy (non-hydrogen) atoms. The average Bonchev–Trinajstić information content (AvgIpc) is 3.08. The van der Waals surface area contributed by atoms with Crippen molar-refractivity contribution in [2.45, 2.75) is 63.5 Å². The first-order chi connectivity index (χ1) is 12.0. The van der Waals surface area contributed by atoms with Crippen LogP contribution in [0.1, 0.15) is 55.7 Å². The lowest BCUT2D eigenvalue weighted by Gasteiger charge is -2.18. The van der Waals surface area contributed by atoms with E-state index >= 15 is 0 Å². The largest absolute Gasteiger partial charge is 0.327 e. The second-order valence-corrected chi connectivity index (χ2v) is 6.85. The van der Waals surface area contributed by atoms with Crippen molar-refractivity contribution in [2.75, 3.05) is 0 Å². The van der Waals surface area contributed by atoms with Gasteiger partial charge in [-0.1, -0.05) is 24.5 Å². The molecular weight excluding hydrogens is 365 g/mol. The van der Waals surface area contributed by atoms with Gasteiger partial charge in [0.25, 0.3) is 0 Å². The minimum atomic E-state index is -1.19. The Labute approximate surface area is 157 Å². The van der Waals surface area contributed by atoms with E-state index in [9.17, 15) is 13.2 Å². The highest BCUT2D eigenvalue weighted by atomic mass is 35.5. The molecule has 2 aromatic rings. The molecule has 0 saturated heterocycles. The van der Waals surface area contributed by atoms with Crippen LogP contribution in [0.5, 0.6) is 0 Å². The van der Waals surface area contributed by atoms with Crippen LogP contribution in [-0.4, -0.2) is 21.0 Å². The summed E-state index contributed by atoms with van der Waals surface area (Å²) in [5.41, 5.74) is 7.13. The van der Waals surface area contributed by atoms with Gasteiger partial charge in [0.2, 0.25) is 0 Å². The zero-order chi connectivity index (χ0) is 17.8. The van der Waals surface area contributed by atoms with Crippen molar-refractivity contribution in [1.82, 2.24) is 15.0 Å². The van der Waals surface area contributed by atoms with Gasteiger partial charge in [0.05, 0.1) is 5.69 Å². The highest BCUT2D eigenvalue weighted by Gasteiger charge is 2.19. The Kier molecular flexibility index (Phi) is 7.46. The Balaban J connectivity index is 0.00000243. The molecule has 1 aromatic heterocycles. The van der Waals surface area contributed by atoms with Crippen LogP contribution in [0.4, 0.5) is 13.2 Å². The molecule has 4 nitrogen and oxygen atoms in total. The lowest BCUT2D eigenvalue weighted by Crippen LogP contribution is -2.25. The number of aryl methyl sites for hydroxylation is 1. The molecule has 2 N–H and O–H groups in total. The fourth-order valence-corrected chi connectivity index (χ4v) is 3.41. The van der Waals surface area contributed by atoms with Gasteiger partial charge in [-0.25, -0.2) is 13.2 Å². The summed E-state index contributed by atoms with van der Waals surface area (Å²) in [4.78, 5) is 0. The third kappa shape index (κ3) is 5.20. The van der Waals surface area contributed by atoms with Crippen molar-refractivity contribution in [3.63, 3.8) is 0 Å². The third-order valence-corrected chi connectivity index (χ3v) is 4.88. The molecule has 1 atom stereocenters. The van der Waals surface area contributed by atoms with Crippen molar-refractivity contribution in [3.05, 3.63) is 47.0 Å². The fourth-order valence-electron chi connectivity index (χ4n) is 3.41. The molecule has 144 valence electrons. The quantitative estimate of drug-likeness (QED) is 0.757. The summed E-state index contributed by atoms with van der Waals surface area (Å²) in [5.74, 6) is -2.52. The van der Waals surface area contributed by atoms with Crippen LogP contribution in [0.25, 0.3) is 0 Å². The number of rotatable bonds is 6. The molecule has 0 spiro atoms. The Morgan fingerprint density at radius 2 is 1.77 bits per heavy atom. The zero-order valence-corrected chi connectivity index (χ0v) is 15.3. The van der Waals surface area contributed by atoms with E-state index in [4.69, 9.17) is 5.73 Å². The summed E-state index contributed by atoms with van der Waals surface area (Å²) in [5, 5.41) is 8.40. The molecule has 1 aliphatic rings. The summed E-state index contributed by atoms with van der Waals surface area (Å²) in [6, 6.07) is 1.06. The molecule has 1 aliphatic carbocycles. The number of hydrogen-bond acceptors (Lipinski definition) is 3.